The first-order valence-corrected chi connectivity index (χ1v) is 6.64. The third-order valence-corrected chi connectivity index (χ3v) is 2.83. The number of hydrogen-bond donors (Lipinski definition) is 3. The van der Waals surface area contributed by atoms with Gasteiger partial charge in [-0.2, -0.15) is 0 Å². The average molecular weight is 258 g/mol. The molecule has 0 saturated carbocycles. The predicted octanol–water partition coefficient (Wildman–Crippen LogP) is 1.37. The van der Waals surface area contributed by atoms with Gasteiger partial charge in [-0.1, -0.05) is 33.6 Å². The monoisotopic (exact) mass is 258 g/mol. The maximum absolute atomic E-state index is 11.6. The molecule has 0 aromatic carbocycles. The molecule has 0 rings (SSSR count). The summed E-state index contributed by atoms with van der Waals surface area (Å²) in [5.41, 5.74) is 5.71. The van der Waals surface area contributed by atoms with Crippen molar-refractivity contribution in [1.29, 1.82) is 0 Å². The first-order valence-electron chi connectivity index (χ1n) is 6.64. The first kappa shape index (κ1) is 16.9. The number of nitrogens with two attached hydrogens (primary N) is 1. The van der Waals surface area contributed by atoms with E-state index in [9.17, 15) is 9.59 Å². The number of carbonyl (C=O) groups is 2. The fraction of sp³-hybridized carbons (Fsp3) is 0.846. The van der Waals surface area contributed by atoms with E-state index in [2.05, 4.69) is 5.32 Å². The van der Waals surface area contributed by atoms with Gasteiger partial charge in [-0.15, -0.1) is 0 Å². The number of carboxylic acid groups (broad SMARTS) is 1. The summed E-state index contributed by atoms with van der Waals surface area (Å²) in [4.78, 5) is 22.6. The topological polar surface area (TPSA) is 92.4 Å². The minimum Gasteiger partial charge on any atom is -0.481 e. The molecule has 0 aliphatic carbocycles. The van der Waals surface area contributed by atoms with E-state index >= 15 is 0 Å². The van der Waals surface area contributed by atoms with Crippen molar-refractivity contribution in [3.8, 4) is 0 Å². The van der Waals surface area contributed by atoms with Crippen LogP contribution in [0.25, 0.3) is 0 Å². The van der Waals surface area contributed by atoms with E-state index in [1.54, 1.807) is 0 Å². The lowest BCUT2D eigenvalue weighted by atomic mass is 9.97. The lowest BCUT2D eigenvalue weighted by molar-refractivity contribution is -0.142. The summed E-state index contributed by atoms with van der Waals surface area (Å²) in [5, 5.41) is 11.7. The van der Waals surface area contributed by atoms with Crippen molar-refractivity contribution in [3.63, 3.8) is 0 Å². The van der Waals surface area contributed by atoms with Gasteiger partial charge >= 0.3 is 5.97 Å². The van der Waals surface area contributed by atoms with Gasteiger partial charge < -0.3 is 16.2 Å². The second kappa shape index (κ2) is 8.91. The Bertz CT molecular complexity index is 267. The molecule has 4 N–H and O–H groups in total. The number of rotatable bonds is 9. The molecule has 0 aliphatic rings. The van der Waals surface area contributed by atoms with Crippen LogP contribution < -0.4 is 11.1 Å². The number of aliphatic carboxylic acids is 1. The minimum absolute atomic E-state index is 0.159. The van der Waals surface area contributed by atoms with Gasteiger partial charge in [0.05, 0.1) is 12.0 Å². The van der Waals surface area contributed by atoms with Crippen LogP contribution >= 0.6 is 0 Å². The van der Waals surface area contributed by atoms with Crippen molar-refractivity contribution in [2.75, 3.05) is 6.54 Å². The molecule has 0 spiro atoms. The molecule has 0 saturated heterocycles. The Balaban J connectivity index is 4.10. The predicted molar refractivity (Wildman–Crippen MR) is 71.1 cm³/mol. The van der Waals surface area contributed by atoms with Crippen LogP contribution in [0.5, 0.6) is 0 Å². The van der Waals surface area contributed by atoms with Crippen molar-refractivity contribution in [2.45, 2.75) is 52.5 Å². The van der Waals surface area contributed by atoms with E-state index in [0.29, 0.717) is 12.8 Å². The molecule has 0 heterocycles. The minimum atomic E-state index is -0.869. The highest BCUT2D eigenvalue weighted by Crippen LogP contribution is 2.11. The molecule has 0 radical (unpaired) electrons. The molecule has 18 heavy (non-hydrogen) atoms. The third-order valence-electron chi connectivity index (χ3n) is 2.83. The molecule has 106 valence electrons. The molecule has 0 fully saturated rings. The van der Waals surface area contributed by atoms with Crippen LogP contribution in [0, 0.1) is 11.8 Å². The number of amides is 1. The van der Waals surface area contributed by atoms with Crippen molar-refractivity contribution < 1.29 is 14.7 Å². The largest absolute Gasteiger partial charge is 0.481 e. The maximum Gasteiger partial charge on any atom is 0.308 e. The van der Waals surface area contributed by atoms with Crippen LogP contribution in [0.15, 0.2) is 0 Å². The zero-order chi connectivity index (χ0) is 14.1. The second-order valence-corrected chi connectivity index (χ2v) is 5.16. The zero-order valence-electron chi connectivity index (χ0n) is 11.6. The SMILES string of the molecule is CCCC[C@H](N)C(=O)NCC(CC(C)C)C(=O)O. The summed E-state index contributed by atoms with van der Waals surface area (Å²) in [5.74, 6) is -1.37. The highest BCUT2D eigenvalue weighted by molar-refractivity contribution is 5.82. The van der Waals surface area contributed by atoms with Crippen LogP contribution in [-0.2, 0) is 9.59 Å². The normalized spacial score (nSPS) is 14.3. The van der Waals surface area contributed by atoms with E-state index < -0.39 is 17.9 Å². The third kappa shape index (κ3) is 7.27. The summed E-state index contributed by atoms with van der Waals surface area (Å²) in [6, 6.07) is -0.529. The van der Waals surface area contributed by atoms with Crippen LogP contribution in [0.4, 0.5) is 0 Å². The quantitative estimate of drug-likeness (QED) is 0.582. The number of unbranched alkanes of at least 4 members (excludes halogenated alkanes) is 1. The van der Waals surface area contributed by atoms with Gasteiger partial charge in [0.2, 0.25) is 5.91 Å². The van der Waals surface area contributed by atoms with E-state index in [-0.39, 0.29) is 18.4 Å². The van der Waals surface area contributed by atoms with Gasteiger partial charge in [-0.05, 0) is 18.8 Å². The molecule has 1 amide bonds. The molecule has 2 atom stereocenters. The Morgan fingerprint density at radius 1 is 1.33 bits per heavy atom. The molecular formula is C13H26N2O3. The summed E-state index contributed by atoms with van der Waals surface area (Å²) < 4.78 is 0. The van der Waals surface area contributed by atoms with Gasteiger partial charge in [-0.3, -0.25) is 9.59 Å². The number of carbonyl (C=O) groups excluding carboxylic acids is 1. The molecule has 5 heteroatoms. The van der Waals surface area contributed by atoms with Gasteiger partial charge in [-0.25, -0.2) is 0 Å². The van der Waals surface area contributed by atoms with E-state index in [0.717, 1.165) is 12.8 Å². The molecule has 5 nitrogen and oxygen atoms in total. The number of carboxylic acids is 1. The Morgan fingerprint density at radius 2 is 1.94 bits per heavy atom. The van der Waals surface area contributed by atoms with Gasteiger partial charge in [0.1, 0.15) is 0 Å². The lowest BCUT2D eigenvalue weighted by Crippen LogP contribution is -2.43. The van der Waals surface area contributed by atoms with Crippen LogP contribution in [0.2, 0.25) is 0 Å². The summed E-state index contributed by atoms with van der Waals surface area (Å²) in [6.07, 6.45) is 3.10. The van der Waals surface area contributed by atoms with E-state index in [4.69, 9.17) is 10.8 Å². The Morgan fingerprint density at radius 3 is 2.39 bits per heavy atom. The molecule has 1 unspecified atom stereocenters. The van der Waals surface area contributed by atoms with Crippen LogP contribution in [0.1, 0.15) is 46.5 Å². The Kier molecular flexibility index (Phi) is 8.37. The van der Waals surface area contributed by atoms with E-state index in [1.165, 1.54) is 0 Å². The van der Waals surface area contributed by atoms with Crippen molar-refractivity contribution in [3.05, 3.63) is 0 Å². The summed E-state index contributed by atoms with van der Waals surface area (Å²) in [6.45, 7) is 6.12. The maximum atomic E-state index is 11.6. The Hall–Kier alpha value is -1.10. The number of nitrogens with one attached hydrogen (secondary N) is 1. The Labute approximate surface area is 109 Å². The standard InChI is InChI=1S/C13H26N2O3/c1-4-5-6-11(14)12(16)15-8-10(13(17)18)7-9(2)3/h9-11H,4-8,14H2,1-3H3,(H,15,16)(H,17,18)/t10?,11-/m0/s1. The van der Waals surface area contributed by atoms with E-state index in [1.807, 2.05) is 20.8 Å². The molecule has 0 aliphatic heterocycles. The lowest BCUT2D eigenvalue weighted by Gasteiger charge is -2.17. The van der Waals surface area contributed by atoms with Gasteiger partial charge in [0, 0.05) is 6.54 Å². The molecule has 0 aromatic heterocycles. The van der Waals surface area contributed by atoms with Crippen LogP contribution in [0.3, 0.4) is 0 Å². The van der Waals surface area contributed by atoms with Gasteiger partial charge in [0.15, 0.2) is 0 Å². The van der Waals surface area contributed by atoms with Crippen LogP contribution in [-0.4, -0.2) is 29.6 Å². The average Bonchev–Trinajstić information content (AvgIpc) is 2.30. The van der Waals surface area contributed by atoms with Crippen molar-refractivity contribution >= 4 is 11.9 Å². The number of hydrogen-bond acceptors (Lipinski definition) is 3. The summed E-state index contributed by atoms with van der Waals surface area (Å²) >= 11 is 0. The van der Waals surface area contributed by atoms with Crippen molar-refractivity contribution in [2.24, 2.45) is 17.6 Å². The highest BCUT2D eigenvalue weighted by atomic mass is 16.4. The van der Waals surface area contributed by atoms with Crippen molar-refractivity contribution in [1.82, 2.24) is 5.32 Å². The molecular weight excluding hydrogens is 232 g/mol. The fourth-order valence-corrected chi connectivity index (χ4v) is 1.75. The highest BCUT2D eigenvalue weighted by Gasteiger charge is 2.21. The zero-order valence-corrected chi connectivity index (χ0v) is 11.6. The van der Waals surface area contributed by atoms with Gasteiger partial charge in [0.25, 0.3) is 0 Å². The molecule has 0 bridgehead atoms. The smallest absolute Gasteiger partial charge is 0.308 e. The summed E-state index contributed by atoms with van der Waals surface area (Å²) in [7, 11) is 0. The fourth-order valence-electron chi connectivity index (χ4n) is 1.75. The molecule has 0 aromatic rings. The first-order chi connectivity index (χ1) is 8.38. The second-order valence-electron chi connectivity index (χ2n) is 5.16.